The zero-order chi connectivity index (χ0) is 10.7. The summed E-state index contributed by atoms with van der Waals surface area (Å²) in [6.07, 6.45) is 3.92. The molecule has 0 unspecified atom stereocenters. The summed E-state index contributed by atoms with van der Waals surface area (Å²) in [6, 6.07) is 10.2. The number of rotatable bonds is 2. The fourth-order valence-corrected chi connectivity index (χ4v) is 1.49. The maximum Gasteiger partial charge on any atom is 0.137 e. The molecular weight excluding hydrogens is 186 g/mol. The van der Waals surface area contributed by atoms with Crippen molar-refractivity contribution in [2.24, 2.45) is 0 Å². The number of benzene rings is 1. The Balaban J connectivity index is 2.22. The molecule has 2 nitrogen and oxygen atoms in total. The third-order valence-electron chi connectivity index (χ3n) is 2.40. The van der Waals surface area contributed by atoms with E-state index in [9.17, 15) is 5.11 Å². The standard InChI is InChI=1S/C13H13NO/c1-10-2-4-11(5-3-10)8-12-6-7-14-9-13(12)15/h2-7,9,15H,8H2,1H3. The van der Waals surface area contributed by atoms with Crippen molar-refractivity contribution in [3.05, 3.63) is 59.4 Å². The predicted molar refractivity (Wildman–Crippen MR) is 59.9 cm³/mol. The van der Waals surface area contributed by atoms with E-state index in [0.29, 0.717) is 0 Å². The minimum atomic E-state index is 0.262. The van der Waals surface area contributed by atoms with Gasteiger partial charge in [0.05, 0.1) is 6.20 Å². The van der Waals surface area contributed by atoms with Crippen molar-refractivity contribution < 1.29 is 5.11 Å². The van der Waals surface area contributed by atoms with E-state index in [2.05, 4.69) is 36.2 Å². The van der Waals surface area contributed by atoms with Crippen LogP contribution in [0.1, 0.15) is 16.7 Å². The number of hydrogen-bond donors (Lipinski definition) is 1. The van der Waals surface area contributed by atoms with E-state index in [1.807, 2.05) is 6.07 Å². The summed E-state index contributed by atoms with van der Waals surface area (Å²) in [6.45, 7) is 2.06. The topological polar surface area (TPSA) is 33.1 Å². The average Bonchev–Trinajstić information content (AvgIpc) is 2.25. The summed E-state index contributed by atoms with van der Waals surface area (Å²) in [7, 11) is 0. The van der Waals surface area contributed by atoms with Crippen molar-refractivity contribution in [3.63, 3.8) is 0 Å². The smallest absolute Gasteiger partial charge is 0.137 e. The Kier molecular flexibility index (Phi) is 2.68. The van der Waals surface area contributed by atoms with E-state index in [1.165, 1.54) is 17.3 Å². The van der Waals surface area contributed by atoms with Gasteiger partial charge in [0.25, 0.3) is 0 Å². The van der Waals surface area contributed by atoms with E-state index < -0.39 is 0 Å². The molecule has 0 amide bonds. The zero-order valence-corrected chi connectivity index (χ0v) is 8.64. The van der Waals surface area contributed by atoms with Crippen molar-refractivity contribution in [2.45, 2.75) is 13.3 Å². The van der Waals surface area contributed by atoms with E-state index in [4.69, 9.17) is 0 Å². The molecule has 1 N–H and O–H groups in total. The number of hydrogen-bond acceptors (Lipinski definition) is 2. The fraction of sp³-hybridized carbons (Fsp3) is 0.154. The van der Waals surface area contributed by atoms with Crippen LogP contribution in [-0.4, -0.2) is 10.1 Å². The van der Waals surface area contributed by atoms with Crippen LogP contribution in [-0.2, 0) is 6.42 Å². The molecule has 2 rings (SSSR count). The van der Waals surface area contributed by atoms with Crippen LogP contribution in [0, 0.1) is 6.92 Å². The van der Waals surface area contributed by atoms with Gasteiger partial charge in [-0.15, -0.1) is 0 Å². The maximum atomic E-state index is 9.56. The Hall–Kier alpha value is -1.83. The monoisotopic (exact) mass is 199 g/mol. The van der Waals surface area contributed by atoms with Crippen LogP contribution >= 0.6 is 0 Å². The zero-order valence-electron chi connectivity index (χ0n) is 8.64. The Morgan fingerprint density at radius 2 is 1.87 bits per heavy atom. The Morgan fingerprint density at radius 3 is 2.53 bits per heavy atom. The molecule has 0 saturated carbocycles. The molecule has 0 fully saturated rings. The van der Waals surface area contributed by atoms with Gasteiger partial charge in [0.1, 0.15) is 5.75 Å². The van der Waals surface area contributed by atoms with Gasteiger partial charge in [-0.05, 0) is 18.6 Å². The first-order valence-electron chi connectivity index (χ1n) is 4.93. The van der Waals surface area contributed by atoms with Crippen LogP contribution in [0.4, 0.5) is 0 Å². The van der Waals surface area contributed by atoms with E-state index in [-0.39, 0.29) is 5.75 Å². The summed E-state index contributed by atoms with van der Waals surface area (Å²) in [5, 5.41) is 9.56. The summed E-state index contributed by atoms with van der Waals surface area (Å²) in [5.74, 6) is 0.262. The van der Waals surface area contributed by atoms with Crippen molar-refractivity contribution in [1.82, 2.24) is 4.98 Å². The number of pyridine rings is 1. The van der Waals surface area contributed by atoms with Gasteiger partial charge >= 0.3 is 0 Å². The lowest BCUT2D eigenvalue weighted by Crippen LogP contribution is -1.89. The second-order valence-electron chi connectivity index (χ2n) is 3.67. The number of aromatic hydroxyl groups is 1. The van der Waals surface area contributed by atoms with Crippen molar-refractivity contribution >= 4 is 0 Å². The maximum absolute atomic E-state index is 9.56. The Morgan fingerprint density at radius 1 is 1.13 bits per heavy atom. The highest BCUT2D eigenvalue weighted by atomic mass is 16.3. The number of nitrogens with zero attached hydrogens (tertiary/aromatic N) is 1. The van der Waals surface area contributed by atoms with Crippen LogP contribution in [0.15, 0.2) is 42.7 Å². The molecule has 0 aliphatic rings. The summed E-state index contributed by atoms with van der Waals surface area (Å²) in [4.78, 5) is 3.85. The van der Waals surface area contributed by atoms with E-state index in [0.717, 1.165) is 12.0 Å². The molecule has 2 heteroatoms. The first-order chi connectivity index (χ1) is 7.25. The van der Waals surface area contributed by atoms with Crippen LogP contribution < -0.4 is 0 Å². The van der Waals surface area contributed by atoms with Gasteiger partial charge in [0, 0.05) is 18.2 Å². The highest BCUT2D eigenvalue weighted by Crippen LogP contribution is 2.18. The second kappa shape index (κ2) is 4.13. The minimum absolute atomic E-state index is 0.262. The molecule has 0 bridgehead atoms. The van der Waals surface area contributed by atoms with Crippen molar-refractivity contribution in [3.8, 4) is 5.75 Å². The molecule has 1 heterocycles. The molecule has 0 spiro atoms. The SMILES string of the molecule is Cc1ccc(Cc2ccncc2O)cc1. The largest absolute Gasteiger partial charge is 0.506 e. The lowest BCUT2D eigenvalue weighted by molar-refractivity contribution is 0.466. The summed E-state index contributed by atoms with van der Waals surface area (Å²) in [5.41, 5.74) is 3.36. The fourth-order valence-electron chi connectivity index (χ4n) is 1.49. The van der Waals surface area contributed by atoms with Gasteiger partial charge in [-0.2, -0.15) is 0 Å². The normalized spacial score (nSPS) is 10.2. The minimum Gasteiger partial charge on any atom is -0.506 e. The van der Waals surface area contributed by atoms with Gasteiger partial charge in [0.15, 0.2) is 0 Å². The third-order valence-corrected chi connectivity index (χ3v) is 2.40. The molecule has 1 aromatic carbocycles. The highest BCUT2D eigenvalue weighted by Gasteiger charge is 2.01. The highest BCUT2D eigenvalue weighted by molar-refractivity contribution is 5.34. The average molecular weight is 199 g/mol. The lowest BCUT2D eigenvalue weighted by atomic mass is 10.0. The van der Waals surface area contributed by atoms with Crippen LogP contribution in [0.5, 0.6) is 5.75 Å². The Labute approximate surface area is 89.2 Å². The Bertz CT molecular complexity index is 448. The van der Waals surface area contributed by atoms with Crippen LogP contribution in [0.25, 0.3) is 0 Å². The molecular formula is C13H13NO. The molecule has 0 aliphatic heterocycles. The van der Waals surface area contributed by atoms with Gasteiger partial charge in [-0.3, -0.25) is 4.98 Å². The van der Waals surface area contributed by atoms with Crippen molar-refractivity contribution in [1.29, 1.82) is 0 Å². The molecule has 2 aromatic rings. The van der Waals surface area contributed by atoms with E-state index >= 15 is 0 Å². The van der Waals surface area contributed by atoms with Crippen LogP contribution in [0.3, 0.4) is 0 Å². The summed E-state index contributed by atoms with van der Waals surface area (Å²) >= 11 is 0. The lowest BCUT2D eigenvalue weighted by Gasteiger charge is -2.04. The predicted octanol–water partition coefficient (Wildman–Crippen LogP) is 2.69. The van der Waals surface area contributed by atoms with Crippen molar-refractivity contribution in [2.75, 3.05) is 0 Å². The molecule has 1 aromatic heterocycles. The molecule has 0 atom stereocenters. The van der Waals surface area contributed by atoms with Gasteiger partial charge in [-0.25, -0.2) is 0 Å². The van der Waals surface area contributed by atoms with Gasteiger partial charge in [0.2, 0.25) is 0 Å². The molecule has 76 valence electrons. The summed E-state index contributed by atoms with van der Waals surface area (Å²) < 4.78 is 0. The molecule has 0 saturated heterocycles. The molecule has 0 radical (unpaired) electrons. The first kappa shape index (κ1) is 9.71. The number of aryl methyl sites for hydroxylation is 1. The number of aromatic nitrogens is 1. The van der Waals surface area contributed by atoms with E-state index in [1.54, 1.807) is 6.20 Å². The first-order valence-corrected chi connectivity index (χ1v) is 4.93. The quantitative estimate of drug-likeness (QED) is 0.806. The molecule has 0 aliphatic carbocycles. The van der Waals surface area contributed by atoms with Gasteiger partial charge < -0.3 is 5.11 Å². The third kappa shape index (κ3) is 2.34. The van der Waals surface area contributed by atoms with Crippen LogP contribution in [0.2, 0.25) is 0 Å². The second-order valence-corrected chi connectivity index (χ2v) is 3.67. The van der Waals surface area contributed by atoms with Gasteiger partial charge in [-0.1, -0.05) is 29.8 Å². The molecule has 15 heavy (non-hydrogen) atoms.